The molecule has 2 fully saturated rings. The van der Waals surface area contributed by atoms with Crippen molar-refractivity contribution >= 4 is 22.4 Å². The Hall–Kier alpha value is -2.14. The first kappa shape index (κ1) is 12.6. The average Bonchev–Trinajstić information content (AvgIpc) is 3.10. The molecule has 1 amide bonds. The van der Waals surface area contributed by atoms with Crippen LogP contribution in [0.4, 0.5) is 5.69 Å². The van der Waals surface area contributed by atoms with Crippen LogP contribution in [-0.4, -0.2) is 23.0 Å². The van der Waals surface area contributed by atoms with E-state index in [4.69, 9.17) is 0 Å². The van der Waals surface area contributed by atoms with Crippen LogP contribution in [0.5, 0.6) is 0 Å². The number of benzene rings is 1. The number of amides is 1. The Kier molecular flexibility index (Phi) is 2.82. The maximum absolute atomic E-state index is 12.4. The number of carbonyl (C=O) groups is 1. The number of anilines is 1. The van der Waals surface area contributed by atoms with E-state index in [2.05, 4.69) is 15.6 Å². The second-order valence-electron chi connectivity index (χ2n) is 5.99. The van der Waals surface area contributed by atoms with Gasteiger partial charge in [0.05, 0.1) is 5.92 Å². The summed E-state index contributed by atoms with van der Waals surface area (Å²) in [5.41, 5.74) is 0.642. The molecule has 1 aromatic heterocycles. The van der Waals surface area contributed by atoms with E-state index in [0.717, 1.165) is 23.9 Å². The van der Waals surface area contributed by atoms with E-state index in [1.165, 1.54) is 6.42 Å². The molecule has 0 unspecified atom stereocenters. The average molecular weight is 283 g/mol. The van der Waals surface area contributed by atoms with Crippen molar-refractivity contribution in [3.63, 3.8) is 0 Å². The van der Waals surface area contributed by atoms with E-state index >= 15 is 0 Å². The second-order valence-corrected chi connectivity index (χ2v) is 5.99. The molecule has 2 bridgehead atoms. The van der Waals surface area contributed by atoms with Crippen molar-refractivity contribution in [1.29, 1.82) is 0 Å². The minimum absolute atomic E-state index is 0.0682. The zero-order valence-electron chi connectivity index (χ0n) is 11.6. The fourth-order valence-electron chi connectivity index (χ4n) is 3.62. The molecule has 1 aromatic carbocycles. The van der Waals surface area contributed by atoms with E-state index in [1.54, 1.807) is 18.3 Å². The predicted octanol–water partition coefficient (Wildman–Crippen LogP) is 1.61. The molecule has 0 aliphatic carbocycles. The Bertz CT molecular complexity index is 767. The van der Waals surface area contributed by atoms with Gasteiger partial charge in [-0.15, -0.1) is 0 Å². The Balaban J connectivity index is 1.57. The Labute approximate surface area is 121 Å². The van der Waals surface area contributed by atoms with Gasteiger partial charge < -0.3 is 15.6 Å². The van der Waals surface area contributed by atoms with E-state index in [1.807, 2.05) is 12.1 Å². The molecule has 108 valence electrons. The van der Waals surface area contributed by atoms with Gasteiger partial charge in [0.25, 0.3) is 5.56 Å². The fourth-order valence-corrected chi connectivity index (χ4v) is 3.62. The van der Waals surface area contributed by atoms with Crippen LogP contribution in [0.25, 0.3) is 10.8 Å². The topological polar surface area (TPSA) is 74.0 Å². The van der Waals surface area contributed by atoms with Crippen molar-refractivity contribution in [2.24, 2.45) is 5.92 Å². The van der Waals surface area contributed by atoms with E-state index in [0.29, 0.717) is 17.5 Å². The summed E-state index contributed by atoms with van der Waals surface area (Å²) in [6.07, 6.45) is 4.84. The first-order valence-corrected chi connectivity index (χ1v) is 7.39. The maximum Gasteiger partial charge on any atom is 0.255 e. The lowest BCUT2D eigenvalue weighted by atomic mass is 9.88. The molecule has 2 aromatic rings. The summed E-state index contributed by atoms with van der Waals surface area (Å²) in [5, 5.41) is 7.94. The van der Waals surface area contributed by atoms with Crippen LogP contribution < -0.4 is 16.2 Å². The number of hydrogen-bond donors (Lipinski definition) is 3. The highest BCUT2D eigenvalue weighted by Crippen LogP contribution is 2.34. The van der Waals surface area contributed by atoms with Crippen LogP contribution in [-0.2, 0) is 4.79 Å². The zero-order valence-corrected chi connectivity index (χ0v) is 11.6. The lowest BCUT2D eigenvalue weighted by molar-refractivity contribution is -0.120. The Morgan fingerprint density at radius 3 is 2.90 bits per heavy atom. The minimum atomic E-state index is -0.109. The highest BCUT2D eigenvalue weighted by molar-refractivity contribution is 5.96. The molecule has 4 rings (SSSR count). The number of hydrogen-bond acceptors (Lipinski definition) is 3. The molecule has 21 heavy (non-hydrogen) atoms. The smallest absolute Gasteiger partial charge is 0.255 e. The SMILES string of the molecule is O=C(Nc1ccc2c(=O)[nH]ccc2c1)[C@@H]1C[C@H]2CC[C@@H]1N2. The molecule has 2 aliphatic rings. The summed E-state index contributed by atoms with van der Waals surface area (Å²) in [6.45, 7) is 0. The molecule has 3 heterocycles. The van der Waals surface area contributed by atoms with E-state index in [9.17, 15) is 9.59 Å². The van der Waals surface area contributed by atoms with Gasteiger partial charge in [0.2, 0.25) is 5.91 Å². The molecule has 0 spiro atoms. The summed E-state index contributed by atoms with van der Waals surface area (Å²) in [6, 6.07) is 8.08. The molecular formula is C16H17N3O2. The van der Waals surface area contributed by atoms with Gasteiger partial charge in [-0.2, -0.15) is 0 Å². The normalized spacial score (nSPS) is 27.1. The third kappa shape index (κ3) is 2.14. The zero-order chi connectivity index (χ0) is 14.4. The molecule has 5 nitrogen and oxygen atoms in total. The minimum Gasteiger partial charge on any atom is -0.329 e. The lowest BCUT2D eigenvalue weighted by Crippen LogP contribution is -2.32. The number of nitrogens with one attached hydrogen (secondary N) is 3. The summed E-state index contributed by atoms with van der Waals surface area (Å²) >= 11 is 0. The van der Waals surface area contributed by atoms with Crippen molar-refractivity contribution in [3.8, 4) is 0 Å². The van der Waals surface area contributed by atoms with Crippen molar-refractivity contribution in [1.82, 2.24) is 10.3 Å². The van der Waals surface area contributed by atoms with Crippen molar-refractivity contribution in [2.75, 3.05) is 5.32 Å². The van der Waals surface area contributed by atoms with E-state index in [-0.39, 0.29) is 17.4 Å². The number of rotatable bonds is 2. The third-order valence-corrected chi connectivity index (χ3v) is 4.68. The molecule has 0 saturated carbocycles. The van der Waals surface area contributed by atoms with Crippen LogP contribution in [0.15, 0.2) is 35.3 Å². The van der Waals surface area contributed by atoms with Crippen molar-refractivity contribution in [2.45, 2.75) is 31.3 Å². The molecule has 5 heteroatoms. The number of aromatic nitrogens is 1. The van der Waals surface area contributed by atoms with Gasteiger partial charge in [-0.05, 0) is 48.9 Å². The van der Waals surface area contributed by atoms with Gasteiger partial charge in [-0.25, -0.2) is 0 Å². The quantitative estimate of drug-likeness (QED) is 0.784. The van der Waals surface area contributed by atoms with Crippen LogP contribution in [0.3, 0.4) is 0 Å². The maximum atomic E-state index is 12.4. The number of fused-ring (bicyclic) bond motifs is 3. The molecule has 3 N–H and O–H groups in total. The summed E-state index contributed by atoms with van der Waals surface area (Å²) < 4.78 is 0. The Morgan fingerprint density at radius 1 is 1.24 bits per heavy atom. The van der Waals surface area contributed by atoms with Gasteiger partial charge in [0.1, 0.15) is 0 Å². The standard InChI is InChI=1S/C16H17N3O2/c20-15-12-3-1-10(7-9(12)5-6-17-15)19-16(21)13-8-11-2-4-14(13)18-11/h1,3,5-7,11,13-14,18H,2,4,8H2,(H,17,20)(H,19,21)/t11-,13-,14+/m1/s1. The Morgan fingerprint density at radius 2 is 2.14 bits per heavy atom. The summed E-state index contributed by atoms with van der Waals surface area (Å²) in [4.78, 5) is 26.7. The number of pyridine rings is 1. The summed E-state index contributed by atoms with van der Waals surface area (Å²) in [5.74, 6) is 0.150. The van der Waals surface area contributed by atoms with E-state index < -0.39 is 0 Å². The molecule has 0 radical (unpaired) electrons. The lowest BCUT2D eigenvalue weighted by Gasteiger charge is -2.19. The highest BCUT2D eigenvalue weighted by atomic mass is 16.2. The molecule has 3 atom stereocenters. The number of carbonyl (C=O) groups excluding carboxylic acids is 1. The van der Waals surface area contributed by atoms with Gasteiger partial charge in [0, 0.05) is 29.4 Å². The van der Waals surface area contributed by atoms with Gasteiger partial charge in [0.15, 0.2) is 0 Å². The largest absolute Gasteiger partial charge is 0.329 e. The monoisotopic (exact) mass is 283 g/mol. The molecule has 2 aliphatic heterocycles. The summed E-state index contributed by atoms with van der Waals surface area (Å²) in [7, 11) is 0. The number of H-pyrrole nitrogens is 1. The molecule has 2 saturated heterocycles. The second kappa shape index (κ2) is 4.70. The van der Waals surface area contributed by atoms with Gasteiger partial charge in [-0.1, -0.05) is 0 Å². The predicted molar refractivity (Wildman–Crippen MR) is 81.3 cm³/mol. The van der Waals surface area contributed by atoms with Gasteiger partial charge in [-0.3, -0.25) is 9.59 Å². The van der Waals surface area contributed by atoms with Crippen LogP contribution >= 0.6 is 0 Å². The van der Waals surface area contributed by atoms with Crippen molar-refractivity contribution in [3.05, 3.63) is 40.8 Å². The molecular weight excluding hydrogens is 266 g/mol. The van der Waals surface area contributed by atoms with Crippen LogP contribution in [0.2, 0.25) is 0 Å². The van der Waals surface area contributed by atoms with Crippen LogP contribution in [0, 0.1) is 5.92 Å². The first-order valence-electron chi connectivity index (χ1n) is 7.39. The van der Waals surface area contributed by atoms with Crippen LogP contribution in [0.1, 0.15) is 19.3 Å². The first-order chi connectivity index (χ1) is 10.2. The third-order valence-electron chi connectivity index (χ3n) is 4.68. The fraction of sp³-hybridized carbons (Fsp3) is 0.375. The number of aromatic amines is 1. The highest BCUT2D eigenvalue weighted by Gasteiger charge is 2.42. The van der Waals surface area contributed by atoms with Gasteiger partial charge >= 0.3 is 0 Å². The van der Waals surface area contributed by atoms with Crippen molar-refractivity contribution < 1.29 is 4.79 Å².